The smallest absolute Gasteiger partial charge is 0.201 e. The fourth-order valence-corrected chi connectivity index (χ4v) is 1.76. The Morgan fingerprint density at radius 3 is 2.59 bits per heavy atom. The van der Waals surface area contributed by atoms with Gasteiger partial charge in [0.1, 0.15) is 0 Å². The molecule has 1 aromatic rings. The van der Waals surface area contributed by atoms with Gasteiger partial charge >= 0.3 is 0 Å². The Morgan fingerprint density at radius 2 is 2.06 bits per heavy atom. The predicted octanol–water partition coefficient (Wildman–Crippen LogP) is 3.82. The number of allylic oxidation sites excluding steroid dienone is 1. The molecule has 1 rings (SSSR count). The molecule has 96 valence electrons. The molecule has 17 heavy (non-hydrogen) atoms. The molecule has 1 aromatic carbocycles. The lowest BCUT2D eigenvalue weighted by molar-refractivity contribution is 0.394. The molecule has 2 nitrogen and oxygen atoms in total. The number of hydrogen-bond acceptors (Lipinski definition) is 2. The van der Waals surface area contributed by atoms with Crippen molar-refractivity contribution in [2.75, 3.05) is 0 Å². The van der Waals surface area contributed by atoms with Gasteiger partial charge in [-0.3, -0.25) is 0 Å². The first-order chi connectivity index (χ1) is 7.49. The molecule has 0 saturated carbocycles. The topological polar surface area (TPSA) is 46.2 Å². The maximum Gasteiger partial charge on any atom is 0.201 e. The molecule has 0 unspecified atom stereocenters. The largest absolute Gasteiger partial charge is 0.505 e. The number of phenolic OH excluding ortho intramolecular Hbond substituents is 1. The molecular formula is C11H13BrClF2NO. The molecule has 0 aliphatic rings. The van der Waals surface area contributed by atoms with E-state index < -0.39 is 23.4 Å². The van der Waals surface area contributed by atoms with Crippen LogP contribution in [0.4, 0.5) is 8.78 Å². The Hall–Kier alpha value is -0.650. The van der Waals surface area contributed by atoms with Crippen molar-refractivity contribution in [3.63, 3.8) is 0 Å². The van der Waals surface area contributed by atoms with Gasteiger partial charge in [0.25, 0.3) is 0 Å². The fourth-order valence-electron chi connectivity index (χ4n) is 1.34. The van der Waals surface area contributed by atoms with Gasteiger partial charge in [0.05, 0.1) is 4.47 Å². The minimum atomic E-state index is -1.28. The van der Waals surface area contributed by atoms with E-state index in [1.165, 1.54) is 6.07 Å². The summed E-state index contributed by atoms with van der Waals surface area (Å²) in [5.41, 5.74) is 5.94. The summed E-state index contributed by atoms with van der Waals surface area (Å²) < 4.78 is 26.2. The number of aromatic hydroxyl groups is 1. The summed E-state index contributed by atoms with van der Waals surface area (Å²) in [4.78, 5) is 0. The third kappa shape index (κ3) is 3.66. The molecule has 0 fully saturated rings. The van der Waals surface area contributed by atoms with Crippen molar-refractivity contribution in [3.05, 3.63) is 40.4 Å². The maximum absolute atomic E-state index is 13.2. The van der Waals surface area contributed by atoms with E-state index in [-0.39, 0.29) is 22.4 Å². The molecule has 0 radical (unpaired) electrons. The Bertz CT molecular complexity index is 415. The third-order valence-electron chi connectivity index (χ3n) is 2.25. The average Bonchev–Trinajstić information content (AvgIpc) is 2.28. The number of benzene rings is 1. The van der Waals surface area contributed by atoms with Crippen molar-refractivity contribution in [3.8, 4) is 5.75 Å². The summed E-state index contributed by atoms with van der Waals surface area (Å²) in [6.45, 7) is 3.54. The van der Waals surface area contributed by atoms with Gasteiger partial charge in [-0.15, -0.1) is 19.0 Å². The minimum absolute atomic E-state index is 0. The molecule has 0 bridgehead atoms. The average molecular weight is 329 g/mol. The van der Waals surface area contributed by atoms with Crippen LogP contribution in [0.5, 0.6) is 5.75 Å². The van der Waals surface area contributed by atoms with Gasteiger partial charge in [-0.1, -0.05) is 6.08 Å². The van der Waals surface area contributed by atoms with E-state index in [1.54, 1.807) is 6.08 Å². The Morgan fingerprint density at radius 1 is 1.47 bits per heavy atom. The molecule has 0 amide bonds. The van der Waals surface area contributed by atoms with Crippen LogP contribution in [0, 0.1) is 11.6 Å². The molecule has 0 aliphatic heterocycles. The van der Waals surface area contributed by atoms with Crippen LogP contribution in [0.25, 0.3) is 0 Å². The summed E-state index contributed by atoms with van der Waals surface area (Å²) in [5, 5.41) is 9.43. The summed E-state index contributed by atoms with van der Waals surface area (Å²) in [5.74, 6) is -3.12. The van der Waals surface area contributed by atoms with Gasteiger partial charge in [0.15, 0.2) is 11.6 Å². The third-order valence-corrected chi connectivity index (χ3v) is 2.82. The lowest BCUT2D eigenvalue weighted by atomic mass is 10.0. The van der Waals surface area contributed by atoms with Crippen LogP contribution in [-0.2, 0) is 0 Å². The molecule has 0 saturated heterocycles. The SMILES string of the molecule is C=CCC[C@H](N)c1cc(Br)c(F)c(F)c1O.Cl. The van der Waals surface area contributed by atoms with Crippen LogP contribution >= 0.6 is 28.3 Å². The van der Waals surface area contributed by atoms with Gasteiger partial charge in [-0.2, -0.15) is 4.39 Å². The van der Waals surface area contributed by atoms with E-state index in [0.29, 0.717) is 12.8 Å². The van der Waals surface area contributed by atoms with Crippen LogP contribution in [0.1, 0.15) is 24.4 Å². The summed E-state index contributed by atoms with van der Waals surface area (Å²) in [6, 6.07) is 0.742. The van der Waals surface area contributed by atoms with E-state index >= 15 is 0 Å². The molecule has 6 heteroatoms. The first-order valence-corrected chi connectivity index (χ1v) is 5.51. The van der Waals surface area contributed by atoms with Gasteiger partial charge in [-0.05, 0) is 34.8 Å². The van der Waals surface area contributed by atoms with Crippen LogP contribution < -0.4 is 5.73 Å². The maximum atomic E-state index is 13.2. The highest BCUT2D eigenvalue weighted by atomic mass is 79.9. The zero-order chi connectivity index (χ0) is 12.3. The summed E-state index contributed by atoms with van der Waals surface area (Å²) >= 11 is 2.87. The lowest BCUT2D eigenvalue weighted by Gasteiger charge is -2.14. The van der Waals surface area contributed by atoms with Crippen LogP contribution in [0.3, 0.4) is 0 Å². The lowest BCUT2D eigenvalue weighted by Crippen LogP contribution is -2.11. The fraction of sp³-hybridized carbons (Fsp3) is 0.273. The standard InChI is InChI=1S/C11H12BrF2NO.ClH/c1-2-3-4-8(15)6-5-7(12)9(13)10(14)11(6)16;/h2,5,8,16H,1,3-4,15H2;1H/t8-;/m0./s1. The second-order valence-corrected chi connectivity index (χ2v) is 4.25. The summed E-state index contributed by atoms with van der Waals surface area (Å²) in [6.07, 6.45) is 2.82. The minimum Gasteiger partial charge on any atom is -0.505 e. The van der Waals surface area contributed by atoms with Gasteiger partial charge < -0.3 is 10.8 Å². The molecule has 0 heterocycles. The number of phenols is 1. The highest BCUT2D eigenvalue weighted by molar-refractivity contribution is 9.10. The van der Waals surface area contributed by atoms with Crippen molar-refractivity contribution in [1.82, 2.24) is 0 Å². The van der Waals surface area contributed by atoms with E-state index in [4.69, 9.17) is 5.73 Å². The quantitative estimate of drug-likeness (QED) is 0.652. The van der Waals surface area contributed by atoms with Crippen molar-refractivity contribution in [2.24, 2.45) is 5.73 Å². The first-order valence-electron chi connectivity index (χ1n) is 4.71. The van der Waals surface area contributed by atoms with Gasteiger partial charge in [0, 0.05) is 11.6 Å². The Balaban J connectivity index is 0.00000256. The van der Waals surface area contributed by atoms with Crippen LogP contribution in [0.15, 0.2) is 23.2 Å². The van der Waals surface area contributed by atoms with Gasteiger partial charge in [0.2, 0.25) is 5.82 Å². The molecular weight excluding hydrogens is 315 g/mol. The Labute approximate surface area is 113 Å². The molecule has 0 aliphatic carbocycles. The Kier molecular flexibility index (Phi) is 6.67. The highest BCUT2D eigenvalue weighted by Crippen LogP contribution is 2.34. The van der Waals surface area contributed by atoms with E-state index in [0.717, 1.165) is 0 Å². The van der Waals surface area contributed by atoms with E-state index in [1.807, 2.05) is 0 Å². The second kappa shape index (κ2) is 6.93. The number of rotatable bonds is 4. The van der Waals surface area contributed by atoms with Crippen LogP contribution in [-0.4, -0.2) is 5.11 Å². The normalized spacial score (nSPS) is 11.8. The number of nitrogens with two attached hydrogens (primary N) is 1. The highest BCUT2D eigenvalue weighted by Gasteiger charge is 2.20. The second-order valence-electron chi connectivity index (χ2n) is 3.40. The van der Waals surface area contributed by atoms with E-state index in [9.17, 15) is 13.9 Å². The number of halogens is 4. The van der Waals surface area contributed by atoms with Crippen molar-refractivity contribution in [2.45, 2.75) is 18.9 Å². The van der Waals surface area contributed by atoms with Gasteiger partial charge in [-0.25, -0.2) is 4.39 Å². The monoisotopic (exact) mass is 327 g/mol. The van der Waals surface area contributed by atoms with Crippen molar-refractivity contribution >= 4 is 28.3 Å². The zero-order valence-corrected chi connectivity index (χ0v) is 11.3. The molecule has 1 atom stereocenters. The molecule has 3 N–H and O–H groups in total. The number of hydrogen-bond donors (Lipinski definition) is 2. The first kappa shape index (κ1) is 16.4. The molecule has 0 spiro atoms. The van der Waals surface area contributed by atoms with Crippen LogP contribution in [0.2, 0.25) is 0 Å². The summed E-state index contributed by atoms with van der Waals surface area (Å²) in [7, 11) is 0. The van der Waals surface area contributed by atoms with E-state index in [2.05, 4.69) is 22.5 Å². The zero-order valence-electron chi connectivity index (χ0n) is 8.92. The van der Waals surface area contributed by atoms with Crippen molar-refractivity contribution < 1.29 is 13.9 Å². The molecule has 0 aromatic heterocycles. The van der Waals surface area contributed by atoms with Crippen molar-refractivity contribution in [1.29, 1.82) is 0 Å². The predicted molar refractivity (Wildman–Crippen MR) is 69.3 cm³/mol.